The van der Waals surface area contributed by atoms with Crippen molar-refractivity contribution in [2.75, 3.05) is 17.6 Å². The highest BCUT2D eigenvalue weighted by atomic mass is 16.1. The van der Waals surface area contributed by atoms with Crippen LogP contribution in [-0.4, -0.2) is 18.5 Å². The van der Waals surface area contributed by atoms with Crippen LogP contribution < -0.4 is 16.4 Å². The molecule has 2 aromatic carbocycles. The Morgan fingerprint density at radius 1 is 1.14 bits per heavy atom. The molecule has 0 unspecified atom stereocenters. The van der Waals surface area contributed by atoms with Gasteiger partial charge in [-0.25, -0.2) is 0 Å². The average molecular weight is 295 g/mol. The zero-order chi connectivity index (χ0) is 15.4. The smallest absolute Gasteiger partial charge is 0.251 e. The summed E-state index contributed by atoms with van der Waals surface area (Å²) < 4.78 is 0. The van der Waals surface area contributed by atoms with Crippen LogP contribution in [0, 0.1) is 0 Å². The Bertz CT molecular complexity index is 651. The third kappa shape index (κ3) is 3.79. The topological polar surface area (TPSA) is 67.2 Å². The van der Waals surface area contributed by atoms with Gasteiger partial charge in [0.15, 0.2) is 0 Å². The van der Waals surface area contributed by atoms with Crippen LogP contribution in [0.1, 0.15) is 28.8 Å². The molecule has 114 valence electrons. The first-order chi connectivity index (χ1) is 10.7. The van der Waals surface area contributed by atoms with Gasteiger partial charge in [0.1, 0.15) is 0 Å². The maximum Gasteiger partial charge on any atom is 0.251 e. The standard InChI is InChI=1S/C18H21N3O/c19-16-12-14(18(22)21-15-7-8-15)6-9-17(16)20-11-10-13-4-2-1-3-5-13/h1-6,9,12,15,20H,7-8,10-11,19H2,(H,21,22). The molecule has 0 bridgehead atoms. The Balaban J connectivity index is 1.56. The molecule has 0 spiro atoms. The van der Waals surface area contributed by atoms with Crippen molar-refractivity contribution in [2.45, 2.75) is 25.3 Å². The van der Waals surface area contributed by atoms with Gasteiger partial charge in [-0.2, -0.15) is 0 Å². The lowest BCUT2D eigenvalue weighted by atomic mass is 10.1. The Morgan fingerprint density at radius 2 is 1.91 bits per heavy atom. The second-order valence-electron chi connectivity index (χ2n) is 5.71. The maximum absolute atomic E-state index is 12.0. The summed E-state index contributed by atoms with van der Waals surface area (Å²) in [4.78, 5) is 12.0. The number of anilines is 2. The molecule has 4 nitrogen and oxygen atoms in total. The minimum absolute atomic E-state index is 0.0370. The summed E-state index contributed by atoms with van der Waals surface area (Å²) in [5.74, 6) is -0.0370. The summed E-state index contributed by atoms with van der Waals surface area (Å²) in [5.41, 5.74) is 9.43. The Morgan fingerprint density at radius 3 is 2.59 bits per heavy atom. The van der Waals surface area contributed by atoms with Crippen molar-refractivity contribution in [3.63, 3.8) is 0 Å². The minimum Gasteiger partial charge on any atom is -0.397 e. The van der Waals surface area contributed by atoms with E-state index in [9.17, 15) is 4.79 Å². The largest absolute Gasteiger partial charge is 0.397 e. The van der Waals surface area contributed by atoms with Gasteiger partial charge in [0, 0.05) is 18.2 Å². The third-order valence-electron chi connectivity index (χ3n) is 3.80. The highest BCUT2D eigenvalue weighted by Crippen LogP contribution is 2.22. The van der Waals surface area contributed by atoms with Gasteiger partial charge in [-0.15, -0.1) is 0 Å². The average Bonchev–Trinajstić information content (AvgIpc) is 3.34. The molecular formula is C18H21N3O. The molecule has 1 aliphatic carbocycles. The van der Waals surface area contributed by atoms with E-state index in [1.54, 1.807) is 6.07 Å². The van der Waals surface area contributed by atoms with Gasteiger partial charge in [0.25, 0.3) is 5.91 Å². The molecule has 0 aliphatic heterocycles. The predicted molar refractivity (Wildman–Crippen MR) is 90.0 cm³/mol. The fourth-order valence-electron chi connectivity index (χ4n) is 2.35. The number of amides is 1. The monoisotopic (exact) mass is 295 g/mol. The lowest BCUT2D eigenvalue weighted by molar-refractivity contribution is 0.0951. The van der Waals surface area contributed by atoms with Crippen molar-refractivity contribution in [3.8, 4) is 0 Å². The Hall–Kier alpha value is -2.49. The van der Waals surface area contributed by atoms with Crippen LogP contribution in [-0.2, 0) is 6.42 Å². The molecule has 0 saturated heterocycles. The number of hydrogen-bond donors (Lipinski definition) is 3. The van der Waals surface area contributed by atoms with Crippen molar-refractivity contribution in [1.82, 2.24) is 5.32 Å². The molecule has 1 aliphatic rings. The summed E-state index contributed by atoms with van der Waals surface area (Å²) in [6.07, 6.45) is 3.10. The molecule has 1 fully saturated rings. The van der Waals surface area contributed by atoms with Crippen molar-refractivity contribution in [2.24, 2.45) is 0 Å². The summed E-state index contributed by atoms with van der Waals surface area (Å²) in [6, 6.07) is 16.1. The number of benzene rings is 2. The van der Waals surface area contributed by atoms with Crippen molar-refractivity contribution >= 4 is 17.3 Å². The van der Waals surface area contributed by atoms with Crippen LogP contribution in [0.25, 0.3) is 0 Å². The van der Waals surface area contributed by atoms with Crippen LogP contribution in [0.5, 0.6) is 0 Å². The number of nitrogen functional groups attached to an aromatic ring is 1. The van der Waals surface area contributed by atoms with Crippen molar-refractivity contribution in [3.05, 3.63) is 59.7 Å². The molecule has 3 rings (SSSR count). The molecule has 0 atom stereocenters. The quantitative estimate of drug-likeness (QED) is 0.718. The Labute approximate surface area is 130 Å². The lowest BCUT2D eigenvalue weighted by Crippen LogP contribution is -2.25. The number of nitrogens with one attached hydrogen (secondary N) is 2. The predicted octanol–water partition coefficient (Wildman–Crippen LogP) is 2.82. The van der Waals surface area contributed by atoms with Crippen LogP contribution in [0.15, 0.2) is 48.5 Å². The molecule has 22 heavy (non-hydrogen) atoms. The normalized spacial score (nSPS) is 13.6. The molecule has 1 saturated carbocycles. The lowest BCUT2D eigenvalue weighted by Gasteiger charge is -2.11. The maximum atomic E-state index is 12.0. The molecule has 0 radical (unpaired) electrons. The van der Waals surface area contributed by atoms with Gasteiger partial charge in [0.05, 0.1) is 11.4 Å². The van der Waals surface area contributed by atoms with Gasteiger partial charge < -0.3 is 16.4 Å². The molecule has 1 amide bonds. The molecule has 4 N–H and O–H groups in total. The summed E-state index contributed by atoms with van der Waals surface area (Å²) in [5, 5.41) is 6.29. The molecule has 0 heterocycles. The van der Waals surface area contributed by atoms with Crippen LogP contribution in [0.4, 0.5) is 11.4 Å². The summed E-state index contributed by atoms with van der Waals surface area (Å²) >= 11 is 0. The van der Waals surface area contributed by atoms with E-state index in [1.165, 1.54) is 5.56 Å². The van der Waals surface area contributed by atoms with Crippen LogP contribution in [0.2, 0.25) is 0 Å². The van der Waals surface area contributed by atoms with Crippen molar-refractivity contribution in [1.29, 1.82) is 0 Å². The van der Waals surface area contributed by atoms with Gasteiger partial charge in [-0.3, -0.25) is 4.79 Å². The second-order valence-corrected chi connectivity index (χ2v) is 5.71. The number of hydrogen-bond acceptors (Lipinski definition) is 3. The SMILES string of the molecule is Nc1cc(C(=O)NC2CC2)ccc1NCCc1ccccc1. The van der Waals surface area contributed by atoms with Gasteiger partial charge in [-0.1, -0.05) is 30.3 Å². The zero-order valence-electron chi connectivity index (χ0n) is 12.5. The van der Waals surface area contributed by atoms with E-state index < -0.39 is 0 Å². The van der Waals surface area contributed by atoms with Gasteiger partial charge in [0.2, 0.25) is 0 Å². The summed E-state index contributed by atoms with van der Waals surface area (Å²) in [7, 11) is 0. The van der Waals surface area contributed by atoms with E-state index in [4.69, 9.17) is 5.73 Å². The van der Waals surface area contributed by atoms with Crippen molar-refractivity contribution < 1.29 is 4.79 Å². The number of carbonyl (C=O) groups excluding carboxylic acids is 1. The number of carbonyl (C=O) groups is 1. The second kappa shape index (κ2) is 6.52. The third-order valence-corrected chi connectivity index (χ3v) is 3.80. The molecule has 2 aromatic rings. The fraction of sp³-hybridized carbons (Fsp3) is 0.278. The van der Waals surface area contributed by atoms with Crippen LogP contribution >= 0.6 is 0 Å². The van der Waals surface area contributed by atoms with Crippen LogP contribution in [0.3, 0.4) is 0 Å². The Kier molecular flexibility index (Phi) is 4.28. The first-order valence-electron chi connectivity index (χ1n) is 7.70. The van der Waals surface area contributed by atoms with E-state index in [-0.39, 0.29) is 5.91 Å². The molecule has 0 aromatic heterocycles. The number of nitrogens with two attached hydrogens (primary N) is 1. The van der Waals surface area contributed by atoms with E-state index in [2.05, 4.69) is 22.8 Å². The first-order valence-corrected chi connectivity index (χ1v) is 7.70. The van der Waals surface area contributed by atoms with Gasteiger partial charge in [-0.05, 0) is 43.0 Å². The van der Waals surface area contributed by atoms with E-state index in [1.807, 2.05) is 30.3 Å². The van der Waals surface area contributed by atoms with E-state index in [0.29, 0.717) is 17.3 Å². The fourth-order valence-corrected chi connectivity index (χ4v) is 2.35. The molecule has 4 heteroatoms. The van der Waals surface area contributed by atoms with E-state index in [0.717, 1.165) is 31.5 Å². The highest BCUT2D eigenvalue weighted by Gasteiger charge is 2.23. The minimum atomic E-state index is -0.0370. The van der Waals surface area contributed by atoms with Gasteiger partial charge >= 0.3 is 0 Å². The summed E-state index contributed by atoms with van der Waals surface area (Å²) in [6.45, 7) is 0.807. The molecular weight excluding hydrogens is 274 g/mol. The first kappa shape index (κ1) is 14.4. The zero-order valence-corrected chi connectivity index (χ0v) is 12.5. The highest BCUT2D eigenvalue weighted by molar-refractivity contribution is 5.96. The van der Waals surface area contributed by atoms with E-state index >= 15 is 0 Å². The number of rotatable bonds is 6.